The van der Waals surface area contributed by atoms with Crippen molar-refractivity contribution in [2.75, 3.05) is 18.5 Å². The molecule has 1 amide bonds. The van der Waals surface area contributed by atoms with Gasteiger partial charge in [0.05, 0.1) is 32.9 Å². The van der Waals surface area contributed by atoms with E-state index >= 15 is 0 Å². The first-order valence-corrected chi connectivity index (χ1v) is 13.4. The lowest BCUT2D eigenvalue weighted by Crippen LogP contribution is -2.26. The number of carbonyl (C=O) groups excluding carboxylic acids is 2. The van der Waals surface area contributed by atoms with E-state index in [1.807, 2.05) is 0 Å². The molecular formula is C24H19Cl2N3O5S2. The fraction of sp³-hybridized carbons (Fsp3) is 0.125. The van der Waals surface area contributed by atoms with E-state index in [0.29, 0.717) is 25.9 Å². The van der Waals surface area contributed by atoms with E-state index in [2.05, 4.69) is 4.99 Å². The highest BCUT2D eigenvalue weighted by Crippen LogP contribution is 2.30. The Bertz CT molecular complexity index is 1630. The molecule has 3 aromatic carbocycles. The van der Waals surface area contributed by atoms with E-state index in [0.717, 1.165) is 15.6 Å². The van der Waals surface area contributed by atoms with Gasteiger partial charge in [0.25, 0.3) is 15.9 Å². The Kier molecular flexibility index (Phi) is 7.51. The second kappa shape index (κ2) is 10.4. The van der Waals surface area contributed by atoms with Crippen LogP contribution in [0.4, 0.5) is 5.69 Å². The summed E-state index contributed by atoms with van der Waals surface area (Å²) in [5.41, 5.74) is 1.17. The van der Waals surface area contributed by atoms with Crippen molar-refractivity contribution < 1.29 is 22.7 Å². The molecule has 0 radical (unpaired) electrons. The molecule has 0 saturated heterocycles. The Morgan fingerprint density at radius 2 is 1.72 bits per heavy atom. The van der Waals surface area contributed by atoms with Crippen LogP contribution in [0.1, 0.15) is 10.4 Å². The molecule has 186 valence electrons. The molecule has 0 spiro atoms. The maximum absolute atomic E-state index is 13.0. The SMILES string of the molecule is COC(=O)Cn1c(=NC(=O)c2ccc(S(=O)(=O)N(C)c3ccccc3)cc2)sc2cc(Cl)cc(Cl)c21. The van der Waals surface area contributed by atoms with Crippen LogP contribution in [0, 0.1) is 0 Å². The first kappa shape index (κ1) is 25.9. The minimum Gasteiger partial charge on any atom is -0.468 e. The lowest BCUT2D eigenvalue weighted by Gasteiger charge is -2.19. The molecule has 0 saturated carbocycles. The zero-order valence-electron chi connectivity index (χ0n) is 19.0. The van der Waals surface area contributed by atoms with Gasteiger partial charge >= 0.3 is 5.97 Å². The van der Waals surface area contributed by atoms with Gasteiger partial charge in [-0.2, -0.15) is 4.99 Å². The molecule has 36 heavy (non-hydrogen) atoms. The minimum atomic E-state index is -3.83. The van der Waals surface area contributed by atoms with Crippen LogP contribution in [0.3, 0.4) is 0 Å². The number of anilines is 1. The van der Waals surface area contributed by atoms with E-state index < -0.39 is 21.9 Å². The van der Waals surface area contributed by atoms with Crippen LogP contribution < -0.4 is 9.11 Å². The molecule has 0 aliphatic heterocycles. The highest BCUT2D eigenvalue weighted by Gasteiger charge is 2.22. The van der Waals surface area contributed by atoms with E-state index in [1.165, 1.54) is 49.1 Å². The lowest BCUT2D eigenvalue weighted by atomic mass is 10.2. The number of ether oxygens (including phenoxy) is 1. The van der Waals surface area contributed by atoms with Crippen molar-refractivity contribution in [3.05, 3.63) is 87.1 Å². The topological polar surface area (TPSA) is 98.0 Å². The summed E-state index contributed by atoms with van der Waals surface area (Å²) in [6, 6.07) is 17.3. The van der Waals surface area contributed by atoms with Gasteiger partial charge in [-0.25, -0.2) is 8.42 Å². The summed E-state index contributed by atoms with van der Waals surface area (Å²) in [7, 11) is -1.12. The number of benzene rings is 3. The Morgan fingerprint density at radius 1 is 1.06 bits per heavy atom. The molecule has 4 rings (SSSR count). The molecule has 12 heteroatoms. The summed E-state index contributed by atoms with van der Waals surface area (Å²) in [4.78, 5) is 29.4. The third-order valence-electron chi connectivity index (χ3n) is 5.29. The van der Waals surface area contributed by atoms with Crippen LogP contribution in [0.15, 0.2) is 76.6 Å². The average Bonchev–Trinajstić information content (AvgIpc) is 3.20. The number of para-hydroxylation sites is 1. The number of esters is 1. The number of rotatable bonds is 6. The van der Waals surface area contributed by atoms with Crippen LogP contribution in [-0.4, -0.2) is 39.0 Å². The zero-order valence-corrected chi connectivity index (χ0v) is 22.2. The number of sulfonamides is 1. The van der Waals surface area contributed by atoms with Gasteiger partial charge < -0.3 is 9.30 Å². The Hall–Kier alpha value is -3.18. The number of hydrogen-bond donors (Lipinski definition) is 0. The zero-order chi connectivity index (χ0) is 26.0. The van der Waals surface area contributed by atoms with Crippen molar-refractivity contribution in [1.82, 2.24) is 4.57 Å². The predicted octanol–water partition coefficient (Wildman–Crippen LogP) is 4.75. The number of nitrogens with zero attached hydrogens (tertiary/aromatic N) is 3. The van der Waals surface area contributed by atoms with Crippen molar-refractivity contribution >= 4 is 72.3 Å². The summed E-state index contributed by atoms with van der Waals surface area (Å²) in [6.07, 6.45) is 0. The van der Waals surface area contributed by atoms with Gasteiger partial charge in [-0.05, 0) is 48.5 Å². The molecular weight excluding hydrogens is 545 g/mol. The number of fused-ring (bicyclic) bond motifs is 1. The van der Waals surface area contributed by atoms with Crippen LogP contribution in [0.25, 0.3) is 10.2 Å². The van der Waals surface area contributed by atoms with Crippen molar-refractivity contribution in [3.8, 4) is 0 Å². The fourth-order valence-corrected chi connectivity index (χ4v) is 6.42. The van der Waals surface area contributed by atoms with Crippen molar-refractivity contribution in [2.45, 2.75) is 11.4 Å². The van der Waals surface area contributed by atoms with Crippen molar-refractivity contribution in [1.29, 1.82) is 0 Å². The van der Waals surface area contributed by atoms with Crippen LogP contribution in [0.5, 0.6) is 0 Å². The summed E-state index contributed by atoms with van der Waals surface area (Å²) in [5.74, 6) is -1.17. The average molecular weight is 564 g/mol. The van der Waals surface area contributed by atoms with E-state index in [9.17, 15) is 18.0 Å². The summed E-state index contributed by atoms with van der Waals surface area (Å²) >= 11 is 13.6. The number of aromatic nitrogens is 1. The van der Waals surface area contributed by atoms with E-state index in [1.54, 1.807) is 36.4 Å². The number of thiazole rings is 1. The molecule has 1 heterocycles. The number of hydrogen-bond acceptors (Lipinski definition) is 6. The van der Waals surface area contributed by atoms with Gasteiger partial charge in [0.2, 0.25) is 0 Å². The number of carbonyl (C=O) groups is 2. The lowest BCUT2D eigenvalue weighted by molar-refractivity contribution is -0.141. The maximum atomic E-state index is 13.0. The van der Waals surface area contributed by atoms with Gasteiger partial charge in [-0.1, -0.05) is 52.7 Å². The molecule has 0 fully saturated rings. The second-order valence-corrected chi connectivity index (χ2v) is 11.4. The van der Waals surface area contributed by atoms with Gasteiger partial charge in [0, 0.05) is 17.6 Å². The Balaban J connectivity index is 1.70. The van der Waals surface area contributed by atoms with Gasteiger partial charge in [0.15, 0.2) is 4.80 Å². The normalized spacial score (nSPS) is 12.1. The van der Waals surface area contributed by atoms with Gasteiger partial charge in [0.1, 0.15) is 6.54 Å². The van der Waals surface area contributed by atoms with E-state index in [4.69, 9.17) is 27.9 Å². The van der Waals surface area contributed by atoms with E-state index in [-0.39, 0.29) is 21.8 Å². The molecule has 0 aliphatic carbocycles. The molecule has 8 nitrogen and oxygen atoms in total. The van der Waals surface area contributed by atoms with Gasteiger partial charge in [-0.3, -0.25) is 13.9 Å². The largest absolute Gasteiger partial charge is 0.468 e. The Labute approximate surface area is 221 Å². The van der Waals surface area contributed by atoms with Crippen LogP contribution in [-0.2, 0) is 26.1 Å². The standard InChI is InChI=1S/C24H19Cl2N3O5S2/c1-28(17-6-4-3-5-7-17)36(32,33)18-10-8-15(9-11-18)23(31)27-24-29(14-21(30)34-2)22-19(26)12-16(25)13-20(22)35-24/h3-13H,14H2,1-2H3. The fourth-order valence-electron chi connectivity index (χ4n) is 3.41. The molecule has 0 atom stereocenters. The highest BCUT2D eigenvalue weighted by atomic mass is 35.5. The van der Waals surface area contributed by atoms with Gasteiger partial charge in [-0.15, -0.1) is 0 Å². The third-order valence-corrected chi connectivity index (χ3v) is 8.62. The first-order chi connectivity index (χ1) is 17.1. The molecule has 0 bridgehead atoms. The first-order valence-electron chi connectivity index (χ1n) is 10.4. The summed E-state index contributed by atoms with van der Waals surface area (Å²) < 4.78 is 34.0. The van der Waals surface area contributed by atoms with Crippen molar-refractivity contribution in [3.63, 3.8) is 0 Å². The molecule has 0 aliphatic rings. The number of amides is 1. The monoisotopic (exact) mass is 563 g/mol. The number of halogens is 2. The van der Waals surface area contributed by atoms with Crippen LogP contribution in [0.2, 0.25) is 10.0 Å². The highest BCUT2D eigenvalue weighted by molar-refractivity contribution is 7.92. The molecule has 0 unspecified atom stereocenters. The summed E-state index contributed by atoms with van der Waals surface area (Å²) in [5, 5.41) is 0.692. The third kappa shape index (κ3) is 5.17. The maximum Gasteiger partial charge on any atom is 0.325 e. The molecule has 1 aromatic heterocycles. The minimum absolute atomic E-state index is 0.0226. The van der Waals surface area contributed by atoms with Crippen molar-refractivity contribution in [2.24, 2.45) is 4.99 Å². The Morgan fingerprint density at radius 3 is 2.36 bits per heavy atom. The molecule has 4 aromatic rings. The smallest absolute Gasteiger partial charge is 0.325 e. The predicted molar refractivity (Wildman–Crippen MR) is 140 cm³/mol. The second-order valence-electron chi connectivity index (χ2n) is 7.53. The molecule has 0 N–H and O–H groups in total. The summed E-state index contributed by atoms with van der Waals surface area (Å²) in [6.45, 7) is -0.215. The quantitative estimate of drug-likeness (QED) is 0.315. The number of methoxy groups -OCH3 is 1. The van der Waals surface area contributed by atoms with Crippen LogP contribution >= 0.6 is 34.5 Å².